The maximum Gasteiger partial charge on any atom is 0.338 e. The molecule has 0 N–H and O–H groups in total. The van der Waals surface area contributed by atoms with E-state index in [9.17, 15) is 22.8 Å². The fourth-order valence-electron chi connectivity index (χ4n) is 4.30. The van der Waals surface area contributed by atoms with Crippen LogP contribution in [0.15, 0.2) is 83.8 Å². The third kappa shape index (κ3) is 5.29. The summed E-state index contributed by atoms with van der Waals surface area (Å²) in [6.45, 7) is 3.58. The number of carbonyl (C=O) groups is 3. The number of nitrogens with zero attached hydrogens (tertiary/aromatic N) is 2. The first kappa shape index (κ1) is 26.5. The molecule has 1 aliphatic rings. The molecule has 2 atom stereocenters. The van der Waals surface area contributed by atoms with E-state index in [2.05, 4.69) is 0 Å². The van der Waals surface area contributed by atoms with Gasteiger partial charge in [-0.1, -0.05) is 41.9 Å². The van der Waals surface area contributed by atoms with Gasteiger partial charge in [0.2, 0.25) is 15.9 Å². The summed E-state index contributed by atoms with van der Waals surface area (Å²) < 4.78 is 33.8. The van der Waals surface area contributed by atoms with E-state index in [1.807, 2.05) is 0 Å². The molecule has 0 aliphatic carbocycles. The van der Waals surface area contributed by atoms with Gasteiger partial charge >= 0.3 is 5.97 Å². The van der Waals surface area contributed by atoms with Gasteiger partial charge in [0.25, 0.3) is 5.91 Å². The number of imide groups is 1. The number of esters is 1. The third-order valence-electron chi connectivity index (χ3n) is 6.12. The smallest absolute Gasteiger partial charge is 0.338 e. The van der Waals surface area contributed by atoms with Crippen molar-refractivity contribution in [3.63, 3.8) is 0 Å². The van der Waals surface area contributed by atoms with Crippen molar-refractivity contribution in [1.29, 1.82) is 0 Å². The molecule has 37 heavy (non-hydrogen) atoms. The largest absolute Gasteiger partial charge is 0.462 e. The molecule has 10 heteroatoms. The monoisotopic (exact) mass is 540 g/mol. The van der Waals surface area contributed by atoms with Crippen molar-refractivity contribution >= 4 is 45.1 Å². The standard InChI is InChI=1S/C27H25ClN2O6S/c1-3-36-27(33)20-9-13-22(14-10-20)29-25(31)17-24(26(29)32)30(18(2)19-7-5-4-6-8-19)37(34,35)23-15-11-21(28)12-16-23/h4-16,18,24H,3,17H2,1-2H3. The molecule has 3 aromatic carbocycles. The topological polar surface area (TPSA) is 101 Å². The van der Waals surface area contributed by atoms with Crippen LogP contribution in [-0.4, -0.2) is 43.2 Å². The lowest BCUT2D eigenvalue weighted by Crippen LogP contribution is -2.46. The molecule has 8 nitrogen and oxygen atoms in total. The molecule has 2 amide bonds. The predicted molar refractivity (Wildman–Crippen MR) is 139 cm³/mol. The number of anilines is 1. The molecule has 1 heterocycles. The number of hydrogen-bond acceptors (Lipinski definition) is 6. The lowest BCUT2D eigenvalue weighted by molar-refractivity contribution is -0.122. The second kappa shape index (κ2) is 10.8. The molecule has 4 rings (SSSR count). The van der Waals surface area contributed by atoms with Crippen LogP contribution in [0.25, 0.3) is 0 Å². The Morgan fingerprint density at radius 3 is 2.24 bits per heavy atom. The van der Waals surface area contributed by atoms with Crippen LogP contribution in [-0.2, 0) is 24.3 Å². The summed E-state index contributed by atoms with van der Waals surface area (Å²) >= 11 is 5.96. The molecule has 0 radical (unpaired) electrons. The zero-order chi connectivity index (χ0) is 26.7. The van der Waals surface area contributed by atoms with E-state index < -0.39 is 39.9 Å². The Kier molecular flexibility index (Phi) is 7.77. The van der Waals surface area contributed by atoms with Crippen molar-refractivity contribution in [3.05, 3.63) is 95.0 Å². The summed E-state index contributed by atoms with van der Waals surface area (Å²) in [5.74, 6) is -1.74. The average molecular weight is 541 g/mol. The van der Waals surface area contributed by atoms with E-state index in [0.717, 1.165) is 9.21 Å². The molecular weight excluding hydrogens is 516 g/mol. The number of sulfonamides is 1. The maximum absolute atomic E-state index is 13.9. The van der Waals surface area contributed by atoms with Crippen LogP contribution in [0.3, 0.4) is 0 Å². The fourth-order valence-corrected chi connectivity index (χ4v) is 6.19. The summed E-state index contributed by atoms with van der Waals surface area (Å²) in [6, 6.07) is 18.4. The molecule has 192 valence electrons. The van der Waals surface area contributed by atoms with E-state index >= 15 is 0 Å². The number of hydrogen-bond donors (Lipinski definition) is 0. The SMILES string of the molecule is CCOC(=O)c1ccc(N2C(=O)CC(N(C(C)c3ccccc3)S(=O)(=O)c3ccc(Cl)cc3)C2=O)cc1. The second-order valence-corrected chi connectivity index (χ2v) is 10.7. The van der Waals surface area contributed by atoms with Crippen molar-refractivity contribution in [2.24, 2.45) is 0 Å². The number of amides is 2. The highest BCUT2D eigenvalue weighted by atomic mass is 35.5. The number of benzene rings is 3. The van der Waals surface area contributed by atoms with Crippen LogP contribution in [0, 0.1) is 0 Å². The molecule has 1 fully saturated rings. The molecule has 0 aromatic heterocycles. The molecular formula is C27H25ClN2O6S. The highest BCUT2D eigenvalue weighted by Crippen LogP contribution is 2.36. The lowest BCUT2D eigenvalue weighted by Gasteiger charge is -2.32. The van der Waals surface area contributed by atoms with Gasteiger partial charge in [-0.25, -0.2) is 18.1 Å². The minimum atomic E-state index is -4.22. The van der Waals surface area contributed by atoms with Crippen LogP contribution < -0.4 is 4.90 Å². The lowest BCUT2D eigenvalue weighted by atomic mass is 10.1. The quantitative estimate of drug-likeness (QED) is 0.306. The van der Waals surface area contributed by atoms with Crippen molar-refractivity contribution in [1.82, 2.24) is 4.31 Å². The van der Waals surface area contributed by atoms with Crippen molar-refractivity contribution in [3.8, 4) is 0 Å². The first-order valence-electron chi connectivity index (χ1n) is 11.6. The van der Waals surface area contributed by atoms with Crippen molar-refractivity contribution in [2.75, 3.05) is 11.5 Å². The highest BCUT2D eigenvalue weighted by Gasteiger charge is 2.49. The van der Waals surface area contributed by atoms with Gasteiger partial charge in [-0.3, -0.25) is 9.59 Å². The van der Waals surface area contributed by atoms with Gasteiger partial charge < -0.3 is 4.74 Å². The zero-order valence-electron chi connectivity index (χ0n) is 20.2. The molecule has 0 spiro atoms. The molecule has 0 bridgehead atoms. The Hall–Kier alpha value is -3.53. The Bertz CT molecular complexity index is 1410. The van der Waals surface area contributed by atoms with E-state index in [4.69, 9.17) is 16.3 Å². The van der Waals surface area contributed by atoms with Gasteiger partial charge in [0.1, 0.15) is 6.04 Å². The summed E-state index contributed by atoms with van der Waals surface area (Å²) in [5.41, 5.74) is 1.17. The molecule has 0 saturated carbocycles. The summed E-state index contributed by atoms with van der Waals surface area (Å²) in [5, 5.41) is 0.367. The van der Waals surface area contributed by atoms with Gasteiger partial charge in [0.05, 0.1) is 29.2 Å². The van der Waals surface area contributed by atoms with Crippen LogP contribution in [0.4, 0.5) is 5.69 Å². The maximum atomic E-state index is 13.9. The Morgan fingerprint density at radius 2 is 1.65 bits per heavy atom. The van der Waals surface area contributed by atoms with Gasteiger partial charge in [-0.2, -0.15) is 4.31 Å². The van der Waals surface area contributed by atoms with Crippen LogP contribution in [0.5, 0.6) is 0 Å². The van der Waals surface area contributed by atoms with Crippen LogP contribution >= 0.6 is 11.6 Å². The van der Waals surface area contributed by atoms with E-state index in [1.54, 1.807) is 44.2 Å². The summed E-state index contributed by atoms with van der Waals surface area (Å²) in [7, 11) is -4.22. The number of ether oxygens (including phenoxy) is 1. The Balaban J connectivity index is 1.73. The predicted octanol–water partition coefficient (Wildman–Crippen LogP) is 4.60. The van der Waals surface area contributed by atoms with Gasteiger partial charge in [-0.15, -0.1) is 0 Å². The molecule has 1 saturated heterocycles. The summed E-state index contributed by atoms with van der Waals surface area (Å²) in [4.78, 5) is 39.6. The van der Waals surface area contributed by atoms with E-state index in [1.165, 1.54) is 48.5 Å². The highest BCUT2D eigenvalue weighted by molar-refractivity contribution is 7.89. The Morgan fingerprint density at radius 1 is 1.03 bits per heavy atom. The number of halogens is 1. The average Bonchev–Trinajstić information content (AvgIpc) is 3.18. The Labute approximate surface area is 220 Å². The fraction of sp³-hybridized carbons (Fsp3) is 0.222. The normalized spacial score (nSPS) is 16.8. The van der Waals surface area contributed by atoms with Gasteiger partial charge in [0.15, 0.2) is 0 Å². The van der Waals surface area contributed by atoms with Crippen LogP contribution in [0.2, 0.25) is 5.02 Å². The number of carbonyl (C=O) groups excluding carboxylic acids is 3. The van der Waals surface area contributed by atoms with Crippen molar-refractivity contribution in [2.45, 2.75) is 37.2 Å². The first-order chi connectivity index (χ1) is 17.6. The van der Waals surface area contributed by atoms with Gasteiger partial charge in [-0.05, 0) is 67.9 Å². The molecule has 3 aromatic rings. The summed E-state index contributed by atoms with van der Waals surface area (Å²) in [6.07, 6.45) is -0.331. The minimum Gasteiger partial charge on any atom is -0.462 e. The van der Waals surface area contributed by atoms with Crippen molar-refractivity contribution < 1.29 is 27.5 Å². The second-order valence-electron chi connectivity index (χ2n) is 8.43. The first-order valence-corrected chi connectivity index (χ1v) is 13.4. The minimum absolute atomic E-state index is 0.0443. The van der Waals surface area contributed by atoms with E-state index in [0.29, 0.717) is 10.6 Å². The number of rotatable bonds is 8. The zero-order valence-corrected chi connectivity index (χ0v) is 21.8. The third-order valence-corrected chi connectivity index (χ3v) is 8.37. The molecule has 2 unspecified atom stereocenters. The van der Waals surface area contributed by atoms with E-state index in [-0.39, 0.29) is 29.2 Å². The molecule has 1 aliphatic heterocycles. The van der Waals surface area contributed by atoms with Gasteiger partial charge in [0, 0.05) is 11.1 Å². The van der Waals surface area contributed by atoms with Crippen LogP contribution in [0.1, 0.15) is 42.2 Å².